The van der Waals surface area contributed by atoms with Crippen molar-refractivity contribution in [1.29, 1.82) is 0 Å². The van der Waals surface area contributed by atoms with Gasteiger partial charge in [0.2, 0.25) is 0 Å². The Hall–Kier alpha value is -1.84. The van der Waals surface area contributed by atoms with Crippen LogP contribution in [0.2, 0.25) is 0 Å². The highest BCUT2D eigenvalue weighted by molar-refractivity contribution is 5.83. The second kappa shape index (κ2) is 11.8. The fourth-order valence-corrected chi connectivity index (χ4v) is 3.30. The predicted octanol–water partition coefficient (Wildman–Crippen LogP) is 6.79. The first-order chi connectivity index (χ1) is 13.2. The molecule has 4 heteroatoms. The Morgan fingerprint density at radius 1 is 0.926 bits per heavy atom. The van der Waals surface area contributed by atoms with Crippen molar-refractivity contribution < 1.29 is 13.5 Å². The molecule has 27 heavy (non-hydrogen) atoms. The molecule has 0 unspecified atom stereocenters. The number of fused-ring (bicyclic) bond motifs is 1. The third-order valence-corrected chi connectivity index (χ3v) is 4.92. The zero-order chi connectivity index (χ0) is 19.5. The fourth-order valence-electron chi connectivity index (χ4n) is 3.30. The van der Waals surface area contributed by atoms with E-state index in [2.05, 4.69) is 13.8 Å². The van der Waals surface area contributed by atoms with E-state index in [1.54, 1.807) is 18.2 Å². The van der Waals surface area contributed by atoms with Crippen molar-refractivity contribution in [3.05, 3.63) is 40.2 Å². The number of aryl methyl sites for hydroxylation is 1. The van der Waals surface area contributed by atoms with E-state index in [0.717, 1.165) is 38.5 Å². The SMILES string of the molecule is CCCCCCCCCc1cc2ccc(OCCCCC)c(F)c2c(=O)o1. The Labute approximate surface area is 161 Å². The van der Waals surface area contributed by atoms with Crippen LogP contribution in [0, 0.1) is 5.82 Å². The zero-order valence-corrected chi connectivity index (χ0v) is 16.8. The average Bonchev–Trinajstić information content (AvgIpc) is 2.66. The van der Waals surface area contributed by atoms with Gasteiger partial charge in [0.15, 0.2) is 11.6 Å². The van der Waals surface area contributed by atoms with E-state index >= 15 is 0 Å². The summed E-state index contributed by atoms with van der Waals surface area (Å²) in [5.74, 6) is 0.156. The van der Waals surface area contributed by atoms with Gasteiger partial charge in [0, 0.05) is 6.42 Å². The molecule has 0 saturated heterocycles. The first-order valence-corrected chi connectivity index (χ1v) is 10.5. The number of benzene rings is 1. The van der Waals surface area contributed by atoms with Gasteiger partial charge in [0.1, 0.15) is 11.1 Å². The minimum absolute atomic E-state index is 0.00805. The lowest BCUT2D eigenvalue weighted by Crippen LogP contribution is -2.07. The van der Waals surface area contributed by atoms with Crippen molar-refractivity contribution >= 4 is 10.8 Å². The molecule has 1 aromatic heterocycles. The molecule has 2 rings (SSSR count). The molecule has 0 radical (unpaired) electrons. The van der Waals surface area contributed by atoms with Crippen molar-refractivity contribution in [2.45, 2.75) is 84.5 Å². The number of ether oxygens (including phenoxy) is 1. The third kappa shape index (κ3) is 6.67. The molecule has 0 aliphatic rings. The standard InChI is InChI=1S/C23H33FO3/c1-3-5-7-8-9-10-11-13-19-17-18-14-15-20(26-16-12-6-4-2)22(24)21(18)23(25)27-19/h14-15,17H,3-13,16H2,1-2H3. The second-order valence-corrected chi connectivity index (χ2v) is 7.27. The van der Waals surface area contributed by atoms with Crippen molar-refractivity contribution in [2.24, 2.45) is 0 Å². The van der Waals surface area contributed by atoms with Gasteiger partial charge < -0.3 is 9.15 Å². The summed E-state index contributed by atoms with van der Waals surface area (Å²) in [4.78, 5) is 12.3. The molecular weight excluding hydrogens is 343 g/mol. The molecule has 150 valence electrons. The molecule has 0 atom stereocenters. The van der Waals surface area contributed by atoms with E-state index in [4.69, 9.17) is 9.15 Å². The molecule has 0 N–H and O–H groups in total. The molecule has 2 aromatic rings. The van der Waals surface area contributed by atoms with Crippen molar-refractivity contribution in [2.75, 3.05) is 6.61 Å². The molecule has 1 heterocycles. The molecule has 1 aromatic carbocycles. The molecule has 0 amide bonds. The number of halogens is 1. The summed E-state index contributed by atoms with van der Waals surface area (Å²) >= 11 is 0. The Bertz CT molecular complexity index is 751. The molecular formula is C23H33FO3. The highest BCUT2D eigenvalue weighted by Gasteiger charge is 2.14. The van der Waals surface area contributed by atoms with Crippen LogP contribution in [0.1, 0.15) is 83.8 Å². The van der Waals surface area contributed by atoms with Gasteiger partial charge >= 0.3 is 5.63 Å². The van der Waals surface area contributed by atoms with Crippen LogP contribution in [0.25, 0.3) is 10.8 Å². The lowest BCUT2D eigenvalue weighted by atomic mass is 10.1. The van der Waals surface area contributed by atoms with Gasteiger partial charge in [-0.3, -0.25) is 0 Å². The average molecular weight is 377 g/mol. The molecule has 0 spiro atoms. The maximum atomic E-state index is 14.6. The molecule has 0 fully saturated rings. The summed E-state index contributed by atoms with van der Waals surface area (Å²) in [5, 5.41) is 0.578. The van der Waals surface area contributed by atoms with Gasteiger partial charge in [0.05, 0.1) is 6.61 Å². The largest absolute Gasteiger partial charge is 0.490 e. The molecule has 0 bridgehead atoms. The van der Waals surface area contributed by atoms with Gasteiger partial charge in [-0.2, -0.15) is 0 Å². The Kier molecular flexibility index (Phi) is 9.37. The minimum atomic E-state index is -0.611. The summed E-state index contributed by atoms with van der Waals surface area (Å²) in [7, 11) is 0. The topological polar surface area (TPSA) is 39.4 Å². The lowest BCUT2D eigenvalue weighted by molar-refractivity contribution is 0.292. The number of hydrogen-bond acceptors (Lipinski definition) is 3. The van der Waals surface area contributed by atoms with Crippen LogP contribution in [0.4, 0.5) is 4.39 Å². The number of unbranched alkanes of at least 4 members (excludes halogenated alkanes) is 8. The summed E-state index contributed by atoms with van der Waals surface area (Å²) < 4.78 is 25.5. The number of hydrogen-bond donors (Lipinski definition) is 0. The van der Waals surface area contributed by atoms with E-state index in [0.29, 0.717) is 17.8 Å². The van der Waals surface area contributed by atoms with Crippen LogP contribution in [0.15, 0.2) is 27.4 Å². The van der Waals surface area contributed by atoms with Gasteiger partial charge in [-0.1, -0.05) is 71.3 Å². The first kappa shape index (κ1) is 21.5. The van der Waals surface area contributed by atoms with Gasteiger partial charge in [-0.05, 0) is 30.4 Å². The van der Waals surface area contributed by atoms with Crippen LogP contribution in [-0.2, 0) is 6.42 Å². The zero-order valence-electron chi connectivity index (χ0n) is 16.8. The smallest absolute Gasteiger partial charge is 0.346 e. The van der Waals surface area contributed by atoms with Crippen LogP contribution >= 0.6 is 0 Å². The normalized spacial score (nSPS) is 11.2. The first-order valence-electron chi connectivity index (χ1n) is 10.5. The van der Waals surface area contributed by atoms with Gasteiger partial charge in [-0.25, -0.2) is 9.18 Å². The van der Waals surface area contributed by atoms with Crippen LogP contribution in [-0.4, -0.2) is 6.61 Å². The van der Waals surface area contributed by atoms with Crippen LogP contribution in [0.5, 0.6) is 5.75 Å². The van der Waals surface area contributed by atoms with Crippen LogP contribution in [0.3, 0.4) is 0 Å². The van der Waals surface area contributed by atoms with E-state index < -0.39 is 11.4 Å². The van der Waals surface area contributed by atoms with Crippen molar-refractivity contribution in [3.63, 3.8) is 0 Å². The van der Waals surface area contributed by atoms with E-state index in [1.807, 2.05) is 0 Å². The highest BCUT2D eigenvalue weighted by Crippen LogP contribution is 2.25. The molecule has 3 nitrogen and oxygen atoms in total. The predicted molar refractivity (Wildman–Crippen MR) is 109 cm³/mol. The maximum Gasteiger partial charge on any atom is 0.346 e. The van der Waals surface area contributed by atoms with Crippen LogP contribution < -0.4 is 10.4 Å². The Morgan fingerprint density at radius 2 is 1.59 bits per heavy atom. The second-order valence-electron chi connectivity index (χ2n) is 7.27. The summed E-state index contributed by atoms with van der Waals surface area (Å²) in [6.07, 6.45) is 12.2. The quantitative estimate of drug-likeness (QED) is 0.361. The van der Waals surface area contributed by atoms with Crippen molar-refractivity contribution in [3.8, 4) is 5.75 Å². The Morgan fingerprint density at radius 3 is 2.33 bits per heavy atom. The fraction of sp³-hybridized carbons (Fsp3) is 0.609. The van der Waals surface area contributed by atoms with Gasteiger partial charge in [0.25, 0.3) is 0 Å². The summed E-state index contributed by atoms with van der Waals surface area (Å²) in [6.45, 7) is 4.77. The van der Waals surface area contributed by atoms with E-state index in [1.165, 1.54) is 32.1 Å². The highest BCUT2D eigenvalue weighted by atomic mass is 19.1. The molecule has 0 aliphatic carbocycles. The summed E-state index contributed by atoms with van der Waals surface area (Å²) in [5.41, 5.74) is -0.609. The summed E-state index contributed by atoms with van der Waals surface area (Å²) in [6, 6.07) is 5.15. The minimum Gasteiger partial charge on any atom is -0.490 e. The van der Waals surface area contributed by atoms with E-state index in [-0.39, 0.29) is 11.1 Å². The van der Waals surface area contributed by atoms with Gasteiger partial charge in [-0.15, -0.1) is 0 Å². The van der Waals surface area contributed by atoms with E-state index in [9.17, 15) is 9.18 Å². The third-order valence-electron chi connectivity index (χ3n) is 4.92. The maximum absolute atomic E-state index is 14.6. The number of rotatable bonds is 13. The lowest BCUT2D eigenvalue weighted by Gasteiger charge is -2.09. The molecule has 0 saturated carbocycles. The molecule has 0 aliphatic heterocycles. The Balaban J connectivity index is 1.96. The van der Waals surface area contributed by atoms with Crippen molar-refractivity contribution in [1.82, 2.24) is 0 Å². The monoisotopic (exact) mass is 376 g/mol.